The zero-order valence-electron chi connectivity index (χ0n) is 12.0. The second kappa shape index (κ2) is 4.73. The molecular formula is C17H24O2. The van der Waals surface area contributed by atoms with Crippen LogP contribution in [0.3, 0.4) is 0 Å². The van der Waals surface area contributed by atoms with E-state index in [1.807, 2.05) is 6.07 Å². The van der Waals surface area contributed by atoms with Gasteiger partial charge in [0.05, 0.1) is 0 Å². The minimum absolute atomic E-state index is 0.107. The monoisotopic (exact) mass is 260 g/mol. The Morgan fingerprint density at radius 2 is 1.89 bits per heavy atom. The van der Waals surface area contributed by atoms with Gasteiger partial charge in [0, 0.05) is 5.56 Å². The highest BCUT2D eigenvalue weighted by Gasteiger charge is 2.29. The number of rotatable bonds is 1. The van der Waals surface area contributed by atoms with Crippen molar-refractivity contribution in [3.8, 4) is 11.5 Å². The van der Waals surface area contributed by atoms with E-state index in [1.165, 1.54) is 37.7 Å². The van der Waals surface area contributed by atoms with Crippen molar-refractivity contribution in [1.29, 1.82) is 0 Å². The minimum atomic E-state index is -0.107. The zero-order valence-corrected chi connectivity index (χ0v) is 12.0. The molecule has 2 nitrogen and oxygen atoms in total. The van der Waals surface area contributed by atoms with Crippen molar-refractivity contribution in [2.45, 2.75) is 70.3 Å². The van der Waals surface area contributed by atoms with Crippen LogP contribution in [0.25, 0.3) is 0 Å². The Hall–Kier alpha value is -1.18. The Labute approximate surface area is 115 Å². The lowest BCUT2D eigenvalue weighted by Crippen LogP contribution is -2.32. The molecule has 0 spiro atoms. The molecule has 104 valence electrons. The molecule has 1 N–H and O–H groups in total. The molecule has 0 amide bonds. The summed E-state index contributed by atoms with van der Waals surface area (Å²) >= 11 is 0. The summed E-state index contributed by atoms with van der Waals surface area (Å²) in [5.41, 5.74) is 2.16. The quantitative estimate of drug-likeness (QED) is 0.803. The molecule has 0 atom stereocenters. The van der Waals surface area contributed by atoms with E-state index in [1.54, 1.807) is 0 Å². The average Bonchev–Trinajstić information content (AvgIpc) is 2.38. The van der Waals surface area contributed by atoms with Crippen molar-refractivity contribution in [2.75, 3.05) is 0 Å². The van der Waals surface area contributed by atoms with Gasteiger partial charge in [-0.25, -0.2) is 0 Å². The predicted octanol–water partition coefficient (Wildman–Crippen LogP) is 4.54. The van der Waals surface area contributed by atoms with Gasteiger partial charge in [0.25, 0.3) is 0 Å². The Morgan fingerprint density at radius 1 is 1.16 bits per heavy atom. The van der Waals surface area contributed by atoms with Gasteiger partial charge in [0.2, 0.25) is 0 Å². The van der Waals surface area contributed by atoms with Crippen LogP contribution in [0.4, 0.5) is 0 Å². The van der Waals surface area contributed by atoms with Crippen LogP contribution >= 0.6 is 0 Å². The molecule has 19 heavy (non-hydrogen) atoms. The lowest BCUT2D eigenvalue weighted by Gasteiger charge is -2.34. The van der Waals surface area contributed by atoms with Gasteiger partial charge in [-0.1, -0.05) is 19.3 Å². The lowest BCUT2D eigenvalue weighted by atomic mass is 9.82. The van der Waals surface area contributed by atoms with E-state index in [0.717, 1.165) is 24.2 Å². The molecule has 2 aliphatic rings. The van der Waals surface area contributed by atoms with Crippen molar-refractivity contribution in [3.63, 3.8) is 0 Å². The molecule has 1 saturated carbocycles. The molecule has 2 heteroatoms. The first-order valence-electron chi connectivity index (χ1n) is 7.60. The maximum Gasteiger partial charge on any atom is 0.127 e. The number of aromatic hydroxyl groups is 1. The molecule has 1 fully saturated rings. The van der Waals surface area contributed by atoms with E-state index in [9.17, 15) is 5.11 Å². The van der Waals surface area contributed by atoms with Crippen molar-refractivity contribution < 1.29 is 9.84 Å². The first-order valence-corrected chi connectivity index (χ1v) is 7.60. The highest BCUT2D eigenvalue weighted by Crippen LogP contribution is 2.42. The summed E-state index contributed by atoms with van der Waals surface area (Å²) < 4.78 is 6.07. The molecule has 1 aromatic carbocycles. The van der Waals surface area contributed by atoms with Crippen molar-refractivity contribution in [2.24, 2.45) is 0 Å². The van der Waals surface area contributed by atoms with Crippen LogP contribution in [0.15, 0.2) is 12.1 Å². The number of ether oxygens (including phenoxy) is 1. The largest absolute Gasteiger partial charge is 0.508 e. The Morgan fingerprint density at radius 3 is 2.63 bits per heavy atom. The molecule has 3 rings (SSSR count). The molecule has 1 aliphatic heterocycles. The number of phenolic OH excluding ortho intramolecular Hbond substituents is 1. The smallest absolute Gasteiger partial charge is 0.127 e. The van der Waals surface area contributed by atoms with Gasteiger partial charge in [-0.3, -0.25) is 0 Å². The first-order chi connectivity index (χ1) is 9.05. The summed E-state index contributed by atoms with van der Waals surface area (Å²) in [4.78, 5) is 0. The molecule has 0 saturated heterocycles. The third kappa shape index (κ3) is 2.58. The van der Waals surface area contributed by atoms with Crippen molar-refractivity contribution in [3.05, 3.63) is 23.3 Å². The van der Waals surface area contributed by atoms with Crippen LogP contribution < -0.4 is 4.74 Å². The SMILES string of the molecule is CC1(C)CCc2c(O)cc(C3CCCCC3)cc2O1. The second-order valence-electron chi connectivity index (χ2n) is 6.71. The number of benzene rings is 1. The summed E-state index contributed by atoms with van der Waals surface area (Å²) in [5, 5.41) is 10.3. The normalized spacial score (nSPS) is 22.6. The summed E-state index contributed by atoms with van der Waals surface area (Å²) in [6, 6.07) is 4.17. The third-order valence-corrected chi connectivity index (χ3v) is 4.65. The van der Waals surface area contributed by atoms with E-state index in [4.69, 9.17) is 4.74 Å². The van der Waals surface area contributed by atoms with Gasteiger partial charge in [-0.2, -0.15) is 0 Å². The number of hydrogen-bond acceptors (Lipinski definition) is 2. The number of hydrogen-bond donors (Lipinski definition) is 1. The molecule has 0 bridgehead atoms. The first kappa shape index (κ1) is 12.8. The zero-order chi connectivity index (χ0) is 13.5. The maximum atomic E-state index is 10.3. The fourth-order valence-electron chi connectivity index (χ4n) is 3.44. The van der Waals surface area contributed by atoms with Crippen LogP contribution in [0.1, 0.15) is 69.4 Å². The second-order valence-corrected chi connectivity index (χ2v) is 6.71. The van der Waals surface area contributed by atoms with Crippen LogP contribution in [0.5, 0.6) is 11.5 Å². The van der Waals surface area contributed by atoms with E-state index in [-0.39, 0.29) is 5.60 Å². The Bertz CT molecular complexity index is 470. The number of phenols is 1. The summed E-state index contributed by atoms with van der Waals surface area (Å²) in [5.74, 6) is 1.96. The fourth-order valence-corrected chi connectivity index (χ4v) is 3.44. The summed E-state index contributed by atoms with van der Waals surface area (Å²) in [6.07, 6.45) is 8.37. The average molecular weight is 260 g/mol. The topological polar surface area (TPSA) is 29.5 Å². The van der Waals surface area contributed by atoms with Gasteiger partial charge in [0.1, 0.15) is 17.1 Å². The van der Waals surface area contributed by atoms with Gasteiger partial charge in [0.15, 0.2) is 0 Å². The van der Waals surface area contributed by atoms with E-state index >= 15 is 0 Å². The van der Waals surface area contributed by atoms with Gasteiger partial charge >= 0.3 is 0 Å². The van der Waals surface area contributed by atoms with E-state index < -0.39 is 0 Å². The van der Waals surface area contributed by atoms with Crippen LogP contribution in [0.2, 0.25) is 0 Å². The molecule has 1 heterocycles. The standard InChI is InChI=1S/C17H24O2/c1-17(2)9-8-14-15(18)10-13(11-16(14)19-17)12-6-4-3-5-7-12/h10-12,18H,3-9H2,1-2H3. The summed E-state index contributed by atoms with van der Waals surface area (Å²) in [7, 11) is 0. The molecule has 1 aromatic rings. The number of fused-ring (bicyclic) bond motifs is 1. The van der Waals surface area contributed by atoms with Crippen LogP contribution in [-0.4, -0.2) is 10.7 Å². The van der Waals surface area contributed by atoms with E-state index in [2.05, 4.69) is 19.9 Å². The Kier molecular flexibility index (Phi) is 3.20. The van der Waals surface area contributed by atoms with Crippen LogP contribution in [0, 0.1) is 0 Å². The van der Waals surface area contributed by atoms with Gasteiger partial charge < -0.3 is 9.84 Å². The molecule has 0 aromatic heterocycles. The highest BCUT2D eigenvalue weighted by molar-refractivity contribution is 5.49. The van der Waals surface area contributed by atoms with Crippen molar-refractivity contribution >= 4 is 0 Å². The van der Waals surface area contributed by atoms with Crippen LogP contribution in [-0.2, 0) is 6.42 Å². The molecular weight excluding hydrogens is 236 g/mol. The molecule has 0 radical (unpaired) electrons. The highest BCUT2D eigenvalue weighted by atomic mass is 16.5. The molecule has 1 aliphatic carbocycles. The van der Waals surface area contributed by atoms with E-state index in [0.29, 0.717) is 11.7 Å². The van der Waals surface area contributed by atoms with Gasteiger partial charge in [-0.05, 0) is 63.1 Å². The maximum absolute atomic E-state index is 10.3. The lowest BCUT2D eigenvalue weighted by molar-refractivity contribution is 0.0835. The van der Waals surface area contributed by atoms with Crippen molar-refractivity contribution in [1.82, 2.24) is 0 Å². The fraction of sp³-hybridized carbons (Fsp3) is 0.647. The minimum Gasteiger partial charge on any atom is -0.508 e. The molecule has 0 unspecified atom stereocenters. The predicted molar refractivity (Wildman–Crippen MR) is 77.0 cm³/mol. The third-order valence-electron chi connectivity index (χ3n) is 4.65. The summed E-state index contributed by atoms with van der Waals surface area (Å²) in [6.45, 7) is 4.25. The van der Waals surface area contributed by atoms with Gasteiger partial charge in [-0.15, -0.1) is 0 Å². The Balaban J connectivity index is 1.93.